The summed E-state index contributed by atoms with van der Waals surface area (Å²) in [4.78, 5) is 18.5. The number of aliphatic hydroxyl groups is 1. The Bertz CT molecular complexity index is 488. The van der Waals surface area contributed by atoms with E-state index >= 15 is 0 Å². The monoisotopic (exact) mass is 277 g/mol. The van der Waals surface area contributed by atoms with E-state index in [1.54, 1.807) is 25.4 Å². The van der Waals surface area contributed by atoms with Gasteiger partial charge in [-0.2, -0.15) is 0 Å². The molecule has 1 atom stereocenters. The molecule has 1 aliphatic rings. The number of hydrogen-bond acceptors (Lipinski definition) is 4. The van der Waals surface area contributed by atoms with Crippen molar-refractivity contribution in [3.8, 4) is 0 Å². The Labute approximate surface area is 120 Å². The maximum atomic E-state index is 12.0. The summed E-state index contributed by atoms with van der Waals surface area (Å²) in [6.07, 6.45) is 2.89. The van der Waals surface area contributed by atoms with Crippen molar-refractivity contribution in [2.75, 3.05) is 25.0 Å². The average Bonchev–Trinajstić information content (AvgIpc) is 2.55. The molecule has 110 valence electrons. The van der Waals surface area contributed by atoms with Gasteiger partial charge in [0.2, 0.25) is 0 Å². The van der Waals surface area contributed by atoms with Gasteiger partial charge in [0.1, 0.15) is 5.82 Å². The van der Waals surface area contributed by atoms with Crippen molar-refractivity contribution < 1.29 is 9.90 Å². The van der Waals surface area contributed by atoms with Gasteiger partial charge < -0.3 is 15.3 Å². The molecular formula is C15H23N3O2. The second-order valence-corrected chi connectivity index (χ2v) is 6.19. The molecule has 2 rings (SSSR count). The van der Waals surface area contributed by atoms with Crippen LogP contribution in [0.2, 0.25) is 0 Å². The fourth-order valence-corrected chi connectivity index (χ4v) is 2.85. The highest BCUT2D eigenvalue weighted by atomic mass is 16.3. The van der Waals surface area contributed by atoms with Gasteiger partial charge in [0.15, 0.2) is 0 Å². The molecule has 2 N–H and O–H groups in total. The van der Waals surface area contributed by atoms with Crippen LogP contribution in [-0.4, -0.2) is 42.2 Å². The van der Waals surface area contributed by atoms with Crippen molar-refractivity contribution >= 4 is 11.7 Å². The molecule has 0 aromatic carbocycles. The lowest BCUT2D eigenvalue weighted by molar-refractivity contribution is 0.0963. The van der Waals surface area contributed by atoms with E-state index in [-0.39, 0.29) is 17.4 Å². The molecule has 1 aromatic rings. The van der Waals surface area contributed by atoms with Crippen LogP contribution in [0.1, 0.15) is 37.0 Å². The Balaban J connectivity index is 2.33. The van der Waals surface area contributed by atoms with E-state index in [0.29, 0.717) is 24.3 Å². The molecule has 5 heteroatoms. The number of carbonyl (C=O) groups excluding carboxylic acids is 1. The fourth-order valence-electron chi connectivity index (χ4n) is 2.85. The molecular weight excluding hydrogens is 254 g/mol. The number of pyridine rings is 1. The molecule has 1 saturated heterocycles. The van der Waals surface area contributed by atoms with Crippen molar-refractivity contribution in [1.29, 1.82) is 0 Å². The van der Waals surface area contributed by atoms with E-state index in [1.807, 2.05) is 0 Å². The van der Waals surface area contributed by atoms with Gasteiger partial charge in [0, 0.05) is 26.3 Å². The summed E-state index contributed by atoms with van der Waals surface area (Å²) < 4.78 is 0. The number of amides is 1. The highest BCUT2D eigenvalue weighted by Crippen LogP contribution is 2.31. The third-order valence-corrected chi connectivity index (χ3v) is 3.70. The number of nitrogens with zero attached hydrogens (tertiary/aromatic N) is 2. The number of carbonyl (C=O) groups is 1. The zero-order valence-electron chi connectivity index (χ0n) is 12.4. The number of rotatable bonds is 2. The first-order valence-corrected chi connectivity index (χ1v) is 7.03. The van der Waals surface area contributed by atoms with E-state index in [0.717, 1.165) is 13.0 Å². The van der Waals surface area contributed by atoms with Crippen molar-refractivity contribution in [3.63, 3.8) is 0 Å². The van der Waals surface area contributed by atoms with Gasteiger partial charge in [-0.1, -0.05) is 13.8 Å². The highest BCUT2D eigenvalue weighted by molar-refractivity contribution is 5.98. The minimum Gasteiger partial charge on any atom is -0.393 e. The molecule has 1 fully saturated rings. The lowest BCUT2D eigenvalue weighted by Crippen LogP contribution is -2.35. The molecule has 1 amide bonds. The Morgan fingerprint density at radius 3 is 3.00 bits per heavy atom. The van der Waals surface area contributed by atoms with Crippen LogP contribution in [0.3, 0.4) is 0 Å². The van der Waals surface area contributed by atoms with Crippen LogP contribution < -0.4 is 10.2 Å². The van der Waals surface area contributed by atoms with Crippen molar-refractivity contribution in [1.82, 2.24) is 10.3 Å². The lowest BCUT2D eigenvalue weighted by Gasteiger charge is -2.31. The predicted molar refractivity (Wildman–Crippen MR) is 78.9 cm³/mol. The van der Waals surface area contributed by atoms with Crippen LogP contribution in [0.5, 0.6) is 0 Å². The minimum atomic E-state index is -0.290. The van der Waals surface area contributed by atoms with Gasteiger partial charge in [-0.05, 0) is 30.4 Å². The van der Waals surface area contributed by atoms with E-state index in [9.17, 15) is 9.90 Å². The van der Waals surface area contributed by atoms with Gasteiger partial charge in [-0.15, -0.1) is 0 Å². The lowest BCUT2D eigenvalue weighted by atomic mass is 9.87. The third-order valence-electron chi connectivity index (χ3n) is 3.70. The SMILES string of the molecule is CNC(=O)c1cccnc1N1CCC(O)CC(C)(C)C1. The van der Waals surface area contributed by atoms with Gasteiger partial charge in [0.25, 0.3) is 5.91 Å². The minimum absolute atomic E-state index is 0.00655. The topological polar surface area (TPSA) is 65.5 Å². The molecule has 20 heavy (non-hydrogen) atoms. The maximum Gasteiger partial charge on any atom is 0.254 e. The first-order valence-electron chi connectivity index (χ1n) is 7.03. The van der Waals surface area contributed by atoms with Crippen LogP contribution in [0.15, 0.2) is 18.3 Å². The number of anilines is 1. The van der Waals surface area contributed by atoms with Gasteiger partial charge in [0.05, 0.1) is 11.7 Å². The van der Waals surface area contributed by atoms with E-state index in [2.05, 4.69) is 29.0 Å². The smallest absolute Gasteiger partial charge is 0.254 e. The summed E-state index contributed by atoms with van der Waals surface area (Å²) in [5, 5.41) is 12.6. The van der Waals surface area contributed by atoms with Gasteiger partial charge >= 0.3 is 0 Å². The molecule has 1 aliphatic heterocycles. The number of nitrogens with one attached hydrogen (secondary N) is 1. The molecule has 0 radical (unpaired) electrons. The van der Waals surface area contributed by atoms with E-state index in [4.69, 9.17) is 0 Å². The number of hydrogen-bond donors (Lipinski definition) is 2. The average molecular weight is 277 g/mol. The highest BCUT2D eigenvalue weighted by Gasteiger charge is 2.31. The Morgan fingerprint density at radius 2 is 2.30 bits per heavy atom. The van der Waals surface area contributed by atoms with Gasteiger partial charge in [-0.25, -0.2) is 4.98 Å². The molecule has 0 bridgehead atoms. The molecule has 2 heterocycles. The zero-order valence-corrected chi connectivity index (χ0v) is 12.4. The van der Waals surface area contributed by atoms with Crippen molar-refractivity contribution in [2.45, 2.75) is 32.8 Å². The summed E-state index contributed by atoms with van der Waals surface area (Å²) >= 11 is 0. The van der Waals surface area contributed by atoms with Crippen molar-refractivity contribution in [3.05, 3.63) is 23.9 Å². The molecule has 1 aromatic heterocycles. The van der Waals surface area contributed by atoms with Crippen molar-refractivity contribution in [2.24, 2.45) is 5.41 Å². The Hall–Kier alpha value is -1.62. The Kier molecular flexibility index (Phi) is 4.28. The molecule has 0 spiro atoms. The molecule has 0 saturated carbocycles. The van der Waals surface area contributed by atoms with Crippen LogP contribution in [0, 0.1) is 5.41 Å². The number of aliphatic hydroxyl groups excluding tert-OH is 1. The molecule has 1 unspecified atom stereocenters. The number of aromatic nitrogens is 1. The summed E-state index contributed by atoms with van der Waals surface area (Å²) in [5.74, 6) is 0.574. The summed E-state index contributed by atoms with van der Waals surface area (Å²) in [6, 6.07) is 3.56. The second kappa shape index (κ2) is 5.79. The second-order valence-electron chi connectivity index (χ2n) is 6.19. The maximum absolute atomic E-state index is 12.0. The zero-order chi connectivity index (χ0) is 14.8. The molecule has 5 nitrogen and oxygen atoms in total. The summed E-state index contributed by atoms with van der Waals surface area (Å²) in [6.45, 7) is 5.77. The Morgan fingerprint density at radius 1 is 1.55 bits per heavy atom. The summed E-state index contributed by atoms with van der Waals surface area (Å²) in [7, 11) is 1.62. The summed E-state index contributed by atoms with van der Waals surface area (Å²) in [5.41, 5.74) is 0.579. The van der Waals surface area contributed by atoms with Gasteiger partial charge in [-0.3, -0.25) is 4.79 Å². The van der Waals surface area contributed by atoms with Crippen LogP contribution >= 0.6 is 0 Å². The predicted octanol–water partition coefficient (Wildman–Crippen LogP) is 1.43. The molecule has 0 aliphatic carbocycles. The first-order chi connectivity index (χ1) is 9.43. The standard InChI is InChI=1S/C15H23N3O2/c1-15(2)9-11(19)6-8-18(10-15)13-12(14(20)16-3)5-4-7-17-13/h4-5,7,11,19H,6,8-10H2,1-3H3,(H,16,20). The van der Waals surface area contributed by atoms with Crippen LogP contribution in [0.25, 0.3) is 0 Å². The largest absolute Gasteiger partial charge is 0.393 e. The fraction of sp³-hybridized carbons (Fsp3) is 0.600. The van der Waals surface area contributed by atoms with Crippen LogP contribution in [-0.2, 0) is 0 Å². The normalized spacial score (nSPS) is 22.2. The van der Waals surface area contributed by atoms with Crippen LogP contribution in [0.4, 0.5) is 5.82 Å². The first kappa shape index (κ1) is 14.8. The quantitative estimate of drug-likeness (QED) is 0.858. The third kappa shape index (κ3) is 3.28. The van der Waals surface area contributed by atoms with E-state index < -0.39 is 0 Å². The van der Waals surface area contributed by atoms with E-state index in [1.165, 1.54) is 0 Å².